The maximum Gasteiger partial charge on any atom is 0.243 e. The molecular formula is C21H28N2O4S2. The molecule has 29 heavy (non-hydrogen) atoms. The Bertz CT molecular complexity index is 727. The van der Waals surface area contributed by atoms with Crippen molar-refractivity contribution >= 4 is 46.2 Å². The summed E-state index contributed by atoms with van der Waals surface area (Å²) in [5.41, 5.74) is 0.966. The molecule has 2 N–H and O–H groups in total. The van der Waals surface area contributed by atoms with Crippen molar-refractivity contribution in [3.05, 3.63) is 35.9 Å². The molecule has 2 amide bonds. The number of rotatable bonds is 9. The van der Waals surface area contributed by atoms with Gasteiger partial charge < -0.3 is 10.6 Å². The van der Waals surface area contributed by atoms with Crippen molar-refractivity contribution in [2.24, 2.45) is 0 Å². The summed E-state index contributed by atoms with van der Waals surface area (Å²) in [6.45, 7) is 3.00. The Balaban J connectivity index is 1.94. The minimum atomic E-state index is -0.605. The summed E-state index contributed by atoms with van der Waals surface area (Å²) in [6.07, 6.45) is 3.07. The Morgan fingerprint density at radius 1 is 1.17 bits per heavy atom. The second-order valence-corrected chi connectivity index (χ2v) is 9.79. The van der Waals surface area contributed by atoms with E-state index in [1.807, 2.05) is 30.3 Å². The molecule has 1 heterocycles. The first kappa shape index (κ1) is 23.5. The van der Waals surface area contributed by atoms with Crippen LogP contribution in [0.4, 0.5) is 0 Å². The molecule has 0 saturated carbocycles. The number of Topliss-reactive ketones (excluding diaryl/α,β-unsaturated/α-hetero) is 1. The molecule has 1 aromatic carbocycles. The summed E-state index contributed by atoms with van der Waals surface area (Å²) in [6, 6.07) is 8.92. The molecule has 0 unspecified atom stereocenters. The number of carbonyl (C=O) groups excluding carboxylic acids is 4. The molecule has 0 spiro atoms. The van der Waals surface area contributed by atoms with Crippen LogP contribution in [0.3, 0.4) is 0 Å². The number of hydrogen-bond acceptors (Lipinski definition) is 6. The van der Waals surface area contributed by atoms with Crippen molar-refractivity contribution in [3.8, 4) is 0 Å². The second kappa shape index (κ2) is 12.0. The average molecular weight is 437 g/mol. The number of benzene rings is 1. The van der Waals surface area contributed by atoms with Crippen LogP contribution in [0.15, 0.2) is 30.3 Å². The van der Waals surface area contributed by atoms with E-state index in [9.17, 15) is 19.2 Å². The molecule has 0 aromatic heterocycles. The number of ketones is 1. The van der Waals surface area contributed by atoms with Crippen LogP contribution in [0.2, 0.25) is 0 Å². The van der Waals surface area contributed by atoms with Crippen molar-refractivity contribution in [1.82, 2.24) is 10.6 Å². The summed E-state index contributed by atoms with van der Waals surface area (Å²) in [4.78, 5) is 48.1. The van der Waals surface area contributed by atoms with E-state index >= 15 is 0 Å². The lowest BCUT2D eigenvalue weighted by molar-refractivity contribution is -0.128. The Hall–Kier alpha value is -1.80. The molecule has 1 aliphatic heterocycles. The largest absolute Gasteiger partial charge is 0.343 e. The fourth-order valence-electron chi connectivity index (χ4n) is 3.06. The first-order valence-corrected chi connectivity index (χ1v) is 11.7. The van der Waals surface area contributed by atoms with Gasteiger partial charge in [-0.25, -0.2) is 0 Å². The van der Waals surface area contributed by atoms with Crippen molar-refractivity contribution in [1.29, 1.82) is 0 Å². The van der Waals surface area contributed by atoms with E-state index in [1.165, 1.54) is 6.92 Å². The molecule has 0 bridgehead atoms. The molecule has 6 nitrogen and oxygen atoms in total. The molecule has 0 aliphatic carbocycles. The first-order valence-electron chi connectivity index (χ1n) is 9.78. The van der Waals surface area contributed by atoms with Crippen molar-refractivity contribution < 1.29 is 19.2 Å². The zero-order chi connectivity index (χ0) is 21.2. The number of amides is 2. The number of hydrogen-bond donors (Lipinski definition) is 2. The van der Waals surface area contributed by atoms with Gasteiger partial charge in [0.25, 0.3) is 0 Å². The molecule has 1 aliphatic rings. The van der Waals surface area contributed by atoms with Gasteiger partial charge in [0.15, 0.2) is 5.12 Å². The van der Waals surface area contributed by atoms with Gasteiger partial charge in [0.2, 0.25) is 11.8 Å². The van der Waals surface area contributed by atoms with Crippen molar-refractivity contribution in [2.75, 3.05) is 5.75 Å². The topological polar surface area (TPSA) is 92.3 Å². The molecule has 8 heteroatoms. The van der Waals surface area contributed by atoms with Gasteiger partial charge >= 0.3 is 0 Å². The lowest BCUT2D eigenvalue weighted by Gasteiger charge is -2.21. The number of nitrogens with one attached hydrogen (secondary N) is 2. The van der Waals surface area contributed by atoms with E-state index < -0.39 is 11.3 Å². The molecule has 2 rings (SSSR count). The van der Waals surface area contributed by atoms with E-state index in [-0.39, 0.29) is 28.1 Å². The summed E-state index contributed by atoms with van der Waals surface area (Å²) in [5, 5.41) is 5.05. The smallest absolute Gasteiger partial charge is 0.243 e. The fraction of sp³-hybridized carbons (Fsp3) is 0.524. The fourth-order valence-corrected chi connectivity index (χ4v) is 5.13. The van der Waals surface area contributed by atoms with Crippen LogP contribution in [-0.2, 0) is 25.6 Å². The maximum atomic E-state index is 12.8. The highest BCUT2D eigenvalue weighted by atomic mass is 32.2. The molecule has 1 saturated heterocycles. The van der Waals surface area contributed by atoms with Gasteiger partial charge in [-0.2, -0.15) is 0 Å². The van der Waals surface area contributed by atoms with Crippen LogP contribution >= 0.6 is 23.5 Å². The van der Waals surface area contributed by atoms with Crippen molar-refractivity contribution in [3.63, 3.8) is 0 Å². The third-order valence-electron chi connectivity index (χ3n) is 4.53. The Morgan fingerprint density at radius 2 is 1.90 bits per heavy atom. The third-order valence-corrected chi connectivity index (χ3v) is 6.73. The molecular weight excluding hydrogens is 408 g/mol. The third kappa shape index (κ3) is 8.62. The van der Waals surface area contributed by atoms with Gasteiger partial charge in [-0.1, -0.05) is 42.1 Å². The standard InChI is InChI=1S/C21H28N2O4S2/c1-14(24)11-12-28-19-10-6-9-17(20(26)23-19)22-21(27)18(29-15(2)25)13-16-7-4-3-5-8-16/h3-5,7-8,17-19H,6,9-13H2,1-2H3,(H,22,27)(H,23,26)/t17-,18-,19+/m0/s1. The molecule has 0 radical (unpaired) electrons. The minimum Gasteiger partial charge on any atom is -0.343 e. The van der Waals surface area contributed by atoms with Gasteiger partial charge in [-0.15, -0.1) is 11.8 Å². The molecule has 1 fully saturated rings. The lowest BCUT2D eigenvalue weighted by Crippen LogP contribution is -2.49. The maximum absolute atomic E-state index is 12.8. The number of carbonyl (C=O) groups is 4. The molecule has 1 aromatic rings. The van der Waals surface area contributed by atoms with E-state index in [1.54, 1.807) is 18.7 Å². The Morgan fingerprint density at radius 3 is 2.55 bits per heavy atom. The second-order valence-electron chi connectivity index (χ2n) is 7.10. The van der Waals surface area contributed by atoms with Crippen LogP contribution in [0.1, 0.15) is 45.1 Å². The monoisotopic (exact) mass is 436 g/mol. The zero-order valence-corrected chi connectivity index (χ0v) is 18.4. The predicted octanol–water partition coefficient (Wildman–Crippen LogP) is 2.70. The average Bonchev–Trinajstić information content (AvgIpc) is 2.83. The van der Waals surface area contributed by atoms with E-state index in [0.29, 0.717) is 25.0 Å². The minimum absolute atomic E-state index is 0.0459. The highest BCUT2D eigenvalue weighted by molar-refractivity contribution is 8.14. The predicted molar refractivity (Wildman–Crippen MR) is 118 cm³/mol. The Kier molecular flexibility index (Phi) is 9.73. The molecule has 3 atom stereocenters. The SMILES string of the molecule is CC(=O)CCS[C@@H]1CCC[C@H](NC(=O)[C@H](Cc2ccccc2)SC(C)=O)C(=O)N1. The van der Waals surface area contributed by atoms with Crippen LogP contribution in [0.25, 0.3) is 0 Å². The van der Waals surface area contributed by atoms with Gasteiger partial charge in [0.1, 0.15) is 11.8 Å². The first-order chi connectivity index (χ1) is 13.8. The molecule has 158 valence electrons. The van der Waals surface area contributed by atoms with E-state index in [4.69, 9.17) is 0 Å². The van der Waals surface area contributed by atoms with E-state index in [2.05, 4.69) is 10.6 Å². The zero-order valence-electron chi connectivity index (χ0n) is 16.8. The van der Waals surface area contributed by atoms with Crippen LogP contribution in [0, 0.1) is 0 Å². The quantitative estimate of drug-likeness (QED) is 0.618. The van der Waals surface area contributed by atoms with Gasteiger partial charge in [0, 0.05) is 19.1 Å². The van der Waals surface area contributed by atoms with Gasteiger partial charge in [0.05, 0.1) is 10.6 Å². The van der Waals surface area contributed by atoms with Crippen molar-refractivity contribution in [2.45, 2.75) is 62.6 Å². The summed E-state index contributed by atoms with van der Waals surface area (Å²) in [5.74, 6) is 0.306. The highest BCUT2D eigenvalue weighted by Gasteiger charge is 2.30. The Labute approximate surface area is 180 Å². The summed E-state index contributed by atoms with van der Waals surface area (Å²) < 4.78 is 0. The summed E-state index contributed by atoms with van der Waals surface area (Å²) >= 11 is 2.56. The van der Waals surface area contributed by atoms with Crippen LogP contribution in [0.5, 0.6) is 0 Å². The van der Waals surface area contributed by atoms with E-state index in [0.717, 1.165) is 30.2 Å². The number of thioether (sulfide) groups is 2. The highest BCUT2D eigenvalue weighted by Crippen LogP contribution is 2.22. The van der Waals surface area contributed by atoms with Crippen LogP contribution in [-0.4, -0.2) is 45.1 Å². The van der Waals surface area contributed by atoms with Crippen LogP contribution < -0.4 is 10.6 Å². The normalized spacial score (nSPS) is 20.3. The lowest BCUT2D eigenvalue weighted by atomic mass is 10.1. The van der Waals surface area contributed by atoms with Gasteiger partial charge in [-0.3, -0.25) is 19.2 Å². The summed E-state index contributed by atoms with van der Waals surface area (Å²) in [7, 11) is 0. The van der Waals surface area contributed by atoms with Gasteiger partial charge in [-0.05, 0) is 38.2 Å².